The molecule has 2 amide bonds. The van der Waals surface area contributed by atoms with Gasteiger partial charge in [-0.25, -0.2) is 4.98 Å². The van der Waals surface area contributed by atoms with E-state index in [2.05, 4.69) is 44.3 Å². The maximum atomic E-state index is 12.4. The Labute approximate surface area is 181 Å². The van der Waals surface area contributed by atoms with Gasteiger partial charge < -0.3 is 10.2 Å². The second kappa shape index (κ2) is 9.30. The molecular weight excluding hydrogens is 394 g/mol. The minimum absolute atomic E-state index is 0.0676. The van der Waals surface area contributed by atoms with Crippen molar-refractivity contribution in [3.05, 3.63) is 65.2 Å². The lowest BCUT2D eigenvalue weighted by Gasteiger charge is -2.13. The van der Waals surface area contributed by atoms with Gasteiger partial charge in [0.1, 0.15) is 0 Å². The highest BCUT2D eigenvalue weighted by Crippen LogP contribution is 2.29. The van der Waals surface area contributed by atoms with Gasteiger partial charge in [0, 0.05) is 30.7 Å². The van der Waals surface area contributed by atoms with E-state index in [0.717, 1.165) is 21.5 Å². The molecule has 0 unspecified atom stereocenters. The molecule has 0 fully saturated rings. The fraction of sp³-hybridized carbons (Fsp3) is 0.292. The van der Waals surface area contributed by atoms with Crippen LogP contribution in [0.15, 0.2) is 53.6 Å². The van der Waals surface area contributed by atoms with Gasteiger partial charge in [0.15, 0.2) is 0 Å². The molecule has 0 bridgehead atoms. The molecule has 6 heteroatoms. The van der Waals surface area contributed by atoms with E-state index in [9.17, 15) is 9.59 Å². The first kappa shape index (κ1) is 21.8. The summed E-state index contributed by atoms with van der Waals surface area (Å²) in [5.41, 5.74) is 4.64. The van der Waals surface area contributed by atoms with Gasteiger partial charge in [-0.2, -0.15) is 0 Å². The summed E-state index contributed by atoms with van der Waals surface area (Å²) in [5.74, 6) is 0.469. The number of hydrogen-bond donors (Lipinski definition) is 1. The predicted molar refractivity (Wildman–Crippen MR) is 124 cm³/mol. The summed E-state index contributed by atoms with van der Waals surface area (Å²) in [4.78, 5) is 30.7. The van der Waals surface area contributed by atoms with E-state index in [1.165, 1.54) is 22.2 Å². The fourth-order valence-electron chi connectivity index (χ4n) is 3.24. The number of nitrogens with one attached hydrogen (secondary N) is 1. The van der Waals surface area contributed by atoms with Crippen molar-refractivity contribution in [2.24, 2.45) is 0 Å². The van der Waals surface area contributed by atoms with Crippen LogP contribution >= 0.6 is 11.8 Å². The molecule has 0 saturated heterocycles. The zero-order valence-corrected chi connectivity index (χ0v) is 18.8. The average Bonchev–Trinajstić information content (AvgIpc) is 2.71. The van der Waals surface area contributed by atoms with Crippen LogP contribution in [-0.2, 0) is 4.79 Å². The molecule has 1 N–H and O–H groups in total. The van der Waals surface area contributed by atoms with Crippen molar-refractivity contribution in [1.82, 2.24) is 9.88 Å². The second-order valence-corrected chi connectivity index (χ2v) is 8.78. The van der Waals surface area contributed by atoms with Crippen LogP contribution in [-0.4, -0.2) is 41.5 Å². The fourth-order valence-corrected chi connectivity index (χ4v) is 4.01. The normalized spacial score (nSPS) is 11.0. The van der Waals surface area contributed by atoms with Gasteiger partial charge in [-0.3, -0.25) is 9.59 Å². The summed E-state index contributed by atoms with van der Waals surface area (Å²) in [7, 11) is 3.42. The van der Waals surface area contributed by atoms with Crippen molar-refractivity contribution >= 4 is 40.2 Å². The first-order valence-corrected chi connectivity index (χ1v) is 10.9. The van der Waals surface area contributed by atoms with Crippen LogP contribution in [0.4, 0.5) is 5.69 Å². The number of aryl methyl sites for hydroxylation is 1. The van der Waals surface area contributed by atoms with E-state index >= 15 is 0 Å². The third-order valence-electron chi connectivity index (χ3n) is 4.85. The van der Waals surface area contributed by atoms with Gasteiger partial charge in [-0.05, 0) is 54.3 Å². The number of carbonyl (C=O) groups is 2. The molecule has 0 spiro atoms. The number of thioether (sulfide) groups is 1. The van der Waals surface area contributed by atoms with Crippen LogP contribution in [0.2, 0.25) is 0 Å². The summed E-state index contributed by atoms with van der Waals surface area (Å²) >= 11 is 1.43. The maximum absolute atomic E-state index is 12.4. The number of anilines is 1. The zero-order valence-electron chi connectivity index (χ0n) is 18.0. The Morgan fingerprint density at radius 2 is 1.80 bits per heavy atom. The molecular formula is C24H27N3O2S. The Bertz CT molecular complexity index is 1080. The standard InChI is InChI=1S/C24H27N3O2S/c1-15(2)19-7-6-8-20-16(3)13-22(26-23(19)20)30-14-21(28)25-18-11-9-17(10-12-18)24(29)27(4)5/h6-13,15H,14H2,1-5H3,(H,25,28). The molecule has 0 atom stereocenters. The molecule has 156 valence electrons. The van der Waals surface area contributed by atoms with Gasteiger partial charge in [0.05, 0.1) is 16.3 Å². The monoisotopic (exact) mass is 421 g/mol. The highest BCUT2D eigenvalue weighted by atomic mass is 32.2. The summed E-state index contributed by atoms with van der Waals surface area (Å²) in [5, 5.41) is 4.87. The zero-order chi connectivity index (χ0) is 21.8. The SMILES string of the molecule is Cc1cc(SCC(=O)Nc2ccc(C(=O)N(C)C)cc2)nc2c(C(C)C)cccc12. The largest absolute Gasteiger partial charge is 0.345 e. The Morgan fingerprint density at radius 1 is 1.10 bits per heavy atom. The first-order valence-electron chi connectivity index (χ1n) is 9.91. The average molecular weight is 422 g/mol. The third-order valence-corrected chi connectivity index (χ3v) is 5.76. The molecule has 0 saturated carbocycles. The van der Waals surface area contributed by atoms with E-state index in [1.54, 1.807) is 38.4 Å². The first-order chi connectivity index (χ1) is 14.3. The van der Waals surface area contributed by atoms with Crippen molar-refractivity contribution in [2.45, 2.75) is 31.7 Å². The number of aromatic nitrogens is 1. The number of pyridine rings is 1. The molecule has 3 aromatic rings. The number of fused-ring (bicyclic) bond motifs is 1. The highest BCUT2D eigenvalue weighted by molar-refractivity contribution is 7.99. The Kier molecular flexibility index (Phi) is 6.77. The lowest BCUT2D eigenvalue weighted by Crippen LogP contribution is -2.21. The molecule has 5 nitrogen and oxygen atoms in total. The van der Waals surface area contributed by atoms with E-state index in [1.807, 2.05) is 6.07 Å². The molecule has 0 radical (unpaired) electrons. The number of para-hydroxylation sites is 1. The van der Waals surface area contributed by atoms with E-state index < -0.39 is 0 Å². The molecule has 1 heterocycles. The topological polar surface area (TPSA) is 62.3 Å². The van der Waals surface area contributed by atoms with Crippen molar-refractivity contribution < 1.29 is 9.59 Å². The quantitative estimate of drug-likeness (QED) is 0.563. The van der Waals surface area contributed by atoms with Crippen LogP contribution in [0.25, 0.3) is 10.9 Å². The second-order valence-electron chi connectivity index (χ2n) is 7.79. The van der Waals surface area contributed by atoms with Crippen LogP contribution < -0.4 is 5.32 Å². The molecule has 2 aromatic carbocycles. The summed E-state index contributed by atoms with van der Waals surface area (Å²) in [6.45, 7) is 6.40. The minimum Gasteiger partial charge on any atom is -0.345 e. The van der Waals surface area contributed by atoms with Crippen molar-refractivity contribution in [3.8, 4) is 0 Å². The number of carbonyl (C=O) groups excluding carboxylic acids is 2. The lowest BCUT2D eigenvalue weighted by atomic mass is 9.98. The number of amides is 2. The minimum atomic E-state index is -0.108. The lowest BCUT2D eigenvalue weighted by molar-refractivity contribution is -0.113. The number of rotatable bonds is 6. The highest BCUT2D eigenvalue weighted by Gasteiger charge is 2.12. The van der Waals surface area contributed by atoms with Crippen LogP contribution in [0.5, 0.6) is 0 Å². The summed E-state index contributed by atoms with van der Waals surface area (Å²) < 4.78 is 0. The van der Waals surface area contributed by atoms with Crippen LogP contribution in [0.3, 0.4) is 0 Å². The van der Waals surface area contributed by atoms with Crippen LogP contribution in [0.1, 0.15) is 41.3 Å². The van der Waals surface area contributed by atoms with E-state index in [4.69, 9.17) is 4.98 Å². The van der Waals surface area contributed by atoms with Gasteiger partial charge in [-0.15, -0.1) is 0 Å². The molecule has 3 rings (SSSR count). The molecule has 0 aliphatic heterocycles. The summed E-state index contributed by atoms with van der Waals surface area (Å²) in [6.07, 6.45) is 0. The maximum Gasteiger partial charge on any atom is 0.253 e. The Balaban J connectivity index is 1.68. The van der Waals surface area contributed by atoms with Crippen molar-refractivity contribution in [3.63, 3.8) is 0 Å². The van der Waals surface area contributed by atoms with Crippen molar-refractivity contribution in [1.29, 1.82) is 0 Å². The predicted octanol–water partition coefficient (Wildman–Crippen LogP) is 5.10. The van der Waals surface area contributed by atoms with E-state index in [-0.39, 0.29) is 17.6 Å². The number of nitrogens with zero attached hydrogens (tertiary/aromatic N) is 2. The molecule has 0 aliphatic carbocycles. The van der Waals surface area contributed by atoms with Gasteiger partial charge in [-0.1, -0.05) is 43.8 Å². The third kappa shape index (κ3) is 5.00. The molecule has 0 aliphatic rings. The number of hydrogen-bond acceptors (Lipinski definition) is 4. The van der Waals surface area contributed by atoms with Gasteiger partial charge in [0.25, 0.3) is 5.91 Å². The summed E-state index contributed by atoms with van der Waals surface area (Å²) in [6, 6.07) is 15.2. The van der Waals surface area contributed by atoms with Gasteiger partial charge in [0.2, 0.25) is 5.91 Å². The molecule has 1 aromatic heterocycles. The number of benzene rings is 2. The van der Waals surface area contributed by atoms with Gasteiger partial charge >= 0.3 is 0 Å². The van der Waals surface area contributed by atoms with Crippen LogP contribution in [0, 0.1) is 6.92 Å². The molecule has 30 heavy (non-hydrogen) atoms. The van der Waals surface area contributed by atoms with E-state index in [0.29, 0.717) is 17.2 Å². The smallest absolute Gasteiger partial charge is 0.253 e. The Morgan fingerprint density at radius 3 is 2.43 bits per heavy atom. The Hall–Kier alpha value is -2.86. The van der Waals surface area contributed by atoms with Crippen molar-refractivity contribution in [2.75, 3.05) is 25.2 Å².